The summed E-state index contributed by atoms with van der Waals surface area (Å²) in [6, 6.07) is 22.3. The zero-order valence-electron chi connectivity index (χ0n) is 17.6. The quantitative estimate of drug-likeness (QED) is 0.473. The van der Waals surface area contributed by atoms with Gasteiger partial charge in [-0.2, -0.15) is 0 Å². The van der Waals surface area contributed by atoms with E-state index < -0.39 is 40.7 Å². The maximum atomic E-state index is 13.7. The van der Waals surface area contributed by atoms with E-state index in [1.54, 1.807) is 60.7 Å². The Kier molecular flexibility index (Phi) is 5.85. The second-order valence-electron chi connectivity index (χ2n) is 8.49. The number of Topliss-reactive ketones (excluding diaryl/α,β-unsaturated/α-hetero) is 3. The lowest BCUT2D eigenvalue weighted by atomic mass is 9.58. The van der Waals surface area contributed by atoms with Crippen LogP contribution in [0.3, 0.4) is 0 Å². The molecule has 0 heterocycles. The van der Waals surface area contributed by atoms with Crippen LogP contribution in [0, 0.1) is 17.7 Å². The minimum absolute atomic E-state index is 0.322. The first-order chi connectivity index (χ1) is 15.3. The van der Waals surface area contributed by atoms with Crippen molar-refractivity contribution in [3.05, 3.63) is 107 Å². The predicted octanol–water partition coefficient (Wildman–Crippen LogP) is 4.63. The van der Waals surface area contributed by atoms with E-state index >= 15 is 0 Å². The van der Waals surface area contributed by atoms with E-state index in [1.165, 1.54) is 31.2 Å². The number of halogens is 1. The number of ketones is 3. The SMILES string of the molecule is C[C@@]1(O)CC(=O)[C@@H](C(=O)c2ccccc2)[C@H](c2ccc(F)cc2)[C@@H]1C(=O)c1ccccc1. The van der Waals surface area contributed by atoms with Gasteiger partial charge in [0.1, 0.15) is 11.6 Å². The van der Waals surface area contributed by atoms with Crippen LogP contribution in [0.25, 0.3) is 0 Å². The molecule has 0 radical (unpaired) electrons. The topological polar surface area (TPSA) is 71.4 Å². The maximum Gasteiger partial charge on any atom is 0.173 e. The van der Waals surface area contributed by atoms with Crippen molar-refractivity contribution in [1.29, 1.82) is 0 Å². The van der Waals surface area contributed by atoms with Gasteiger partial charge in [-0.3, -0.25) is 14.4 Å². The van der Waals surface area contributed by atoms with Crippen LogP contribution in [-0.4, -0.2) is 28.1 Å². The van der Waals surface area contributed by atoms with Crippen LogP contribution >= 0.6 is 0 Å². The van der Waals surface area contributed by atoms with E-state index in [-0.39, 0.29) is 12.2 Å². The van der Waals surface area contributed by atoms with Crippen LogP contribution in [-0.2, 0) is 4.79 Å². The monoisotopic (exact) mass is 430 g/mol. The lowest BCUT2D eigenvalue weighted by Crippen LogP contribution is -2.54. The number of carbonyl (C=O) groups is 3. The Morgan fingerprint density at radius 3 is 1.88 bits per heavy atom. The molecule has 5 heteroatoms. The van der Waals surface area contributed by atoms with Gasteiger partial charge >= 0.3 is 0 Å². The maximum absolute atomic E-state index is 13.7. The highest BCUT2D eigenvalue weighted by molar-refractivity contribution is 6.13. The fourth-order valence-corrected chi connectivity index (χ4v) is 4.74. The standard InChI is InChI=1S/C27H23FO4/c1-27(32)16-21(29)23(25(30)18-8-4-2-5-9-18)22(17-12-14-20(28)15-13-17)24(27)26(31)19-10-6-3-7-11-19/h2-15,22-24,32H,16H2,1H3/t22-,23+,24+,27+/m0/s1. The fourth-order valence-electron chi connectivity index (χ4n) is 4.74. The van der Waals surface area contributed by atoms with Crippen LogP contribution in [0.15, 0.2) is 84.9 Å². The lowest BCUT2D eigenvalue weighted by Gasteiger charge is -2.45. The molecule has 4 atom stereocenters. The average Bonchev–Trinajstić information content (AvgIpc) is 2.79. The van der Waals surface area contributed by atoms with Crippen molar-refractivity contribution >= 4 is 17.3 Å². The summed E-state index contributed by atoms with van der Waals surface area (Å²) in [5.41, 5.74) is -0.477. The molecule has 0 bridgehead atoms. The molecule has 0 aliphatic heterocycles. The third-order valence-corrected chi connectivity index (χ3v) is 6.20. The van der Waals surface area contributed by atoms with Crippen LogP contribution in [0.5, 0.6) is 0 Å². The highest BCUT2D eigenvalue weighted by Crippen LogP contribution is 2.48. The Balaban J connectivity index is 1.89. The van der Waals surface area contributed by atoms with Crippen molar-refractivity contribution < 1.29 is 23.9 Å². The zero-order valence-corrected chi connectivity index (χ0v) is 17.6. The molecule has 0 spiro atoms. The first-order valence-electron chi connectivity index (χ1n) is 10.5. The summed E-state index contributed by atoms with van der Waals surface area (Å²) in [6.07, 6.45) is -0.322. The third kappa shape index (κ3) is 4.04. The van der Waals surface area contributed by atoms with Crippen LogP contribution < -0.4 is 0 Å². The number of benzene rings is 3. The van der Waals surface area contributed by atoms with Gasteiger partial charge in [0.2, 0.25) is 0 Å². The highest BCUT2D eigenvalue weighted by atomic mass is 19.1. The predicted molar refractivity (Wildman–Crippen MR) is 118 cm³/mol. The molecule has 0 amide bonds. The molecule has 3 aromatic carbocycles. The summed E-state index contributed by atoms with van der Waals surface area (Å²) in [4.78, 5) is 40.3. The first kappa shape index (κ1) is 21.8. The second-order valence-corrected chi connectivity index (χ2v) is 8.49. The van der Waals surface area contributed by atoms with Crippen molar-refractivity contribution in [3.8, 4) is 0 Å². The minimum atomic E-state index is -1.67. The van der Waals surface area contributed by atoms with E-state index in [0.717, 1.165) is 0 Å². The summed E-state index contributed by atoms with van der Waals surface area (Å²) in [6.45, 7) is 1.45. The van der Waals surface area contributed by atoms with Gasteiger partial charge in [0.15, 0.2) is 11.6 Å². The van der Waals surface area contributed by atoms with Crippen molar-refractivity contribution in [2.45, 2.75) is 24.9 Å². The number of aliphatic hydroxyl groups is 1. The molecule has 3 aromatic rings. The molecule has 1 fully saturated rings. The third-order valence-electron chi connectivity index (χ3n) is 6.20. The van der Waals surface area contributed by atoms with Crippen molar-refractivity contribution in [2.24, 2.45) is 11.8 Å². The molecule has 32 heavy (non-hydrogen) atoms. The Hall–Kier alpha value is -3.44. The number of carbonyl (C=O) groups excluding carboxylic acids is 3. The van der Waals surface area contributed by atoms with Crippen molar-refractivity contribution in [2.75, 3.05) is 0 Å². The minimum Gasteiger partial charge on any atom is -0.389 e. The highest BCUT2D eigenvalue weighted by Gasteiger charge is 2.55. The molecule has 1 aliphatic rings. The first-order valence-corrected chi connectivity index (χ1v) is 10.5. The fraction of sp³-hybridized carbons (Fsp3) is 0.222. The molecule has 1 N–H and O–H groups in total. The molecule has 1 saturated carbocycles. The number of hydrogen-bond acceptors (Lipinski definition) is 4. The largest absolute Gasteiger partial charge is 0.389 e. The van der Waals surface area contributed by atoms with E-state index in [0.29, 0.717) is 16.7 Å². The second kappa shape index (κ2) is 8.60. The van der Waals surface area contributed by atoms with Gasteiger partial charge in [-0.05, 0) is 24.6 Å². The smallest absolute Gasteiger partial charge is 0.173 e. The summed E-state index contributed by atoms with van der Waals surface area (Å²) in [5.74, 6) is -4.84. The normalized spacial score (nSPS) is 25.3. The molecule has 0 saturated heterocycles. The van der Waals surface area contributed by atoms with Crippen molar-refractivity contribution in [3.63, 3.8) is 0 Å². The summed E-state index contributed by atoms with van der Waals surface area (Å²) in [7, 11) is 0. The number of hydrogen-bond donors (Lipinski definition) is 1. The molecule has 4 rings (SSSR count). The Bertz CT molecular complexity index is 1140. The van der Waals surface area contributed by atoms with Gasteiger partial charge in [-0.1, -0.05) is 72.8 Å². The van der Waals surface area contributed by atoms with Gasteiger partial charge in [-0.25, -0.2) is 4.39 Å². The Morgan fingerprint density at radius 2 is 1.34 bits per heavy atom. The van der Waals surface area contributed by atoms with Crippen LogP contribution in [0.1, 0.15) is 45.5 Å². The van der Waals surface area contributed by atoms with Gasteiger partial charge in [0, 0.05) is 23.5 Å². The van der Waals surface area contributed by atoms with Gasteiger partial charge in [-0.15, -0.1) is 0 Å². The Labute approximate surface area is 185 Å². The molecule has 162 valence electrons. The summed E-state index contributed by atoms with van der Waals surface area (Å²) < 4.78 is 13.7. The molecule has 1 aliphatic carbocycles. The molecular weight excluding hydrogens is 407 g/mol. The lowest BCUT2D eigenvalue weighted by molar-refractivity contribution is -0.134. The van der Waals surface area contributed by atoms with Gasteiger partial charge < -0.3 is 5.11 Å². The van der Waals surface area contributed by atoms with Gasteiger partial charge in [0.05, 0.1) is 17.4 Å². The molecule has 0 aromatic heterocycles. The molecular formula is C27H23FO4. The van der Waals surface area contributed by atoms with E-state index in [2.05, 4.69) is 0 Å². The molecule has 0 unspecified atom stereocenters. The average molecular weight is 430 g/mol. The van der Waals surface area contributed by atoms with E-state index in [1.807, 2.05) is 0 Å². The summed E-state index contributed by atoms with van der Waals surface area (Å²) >= 11 is 0. The van der Waals surface area contributed by atoms with Crippen LogP contribution in [0.2, 0.25) is 0 Å². The van der Waals surface area contributed by atoms with E-state index in [9.17, 15) is 23.9 Å². The molecule has 4 nitrogen and oxygen atoms in total. The zero-order chi connectivity index (χ0) is 22.9. The Morgan fingerprint density at radius 1 is 0.844 bits per heavy atom. The summed E-state index contributed by atoms with van der Waals surface area (Å²) in [5, 5.41) is 11.3. The van der Waals surface area contributed by atoms with Gasteiger partial charge in [0.25, 0.3) is 0 Å². The van der Waals surface area contributed by atoms with Crippen molar-refractivity contribution in [1.82, 2.24) is 0 Å². The van der Waals surface area contributed by atoms with Crippen LogP contribution in [0.4, 0.5) is 4.39 Å². The number of rotatable bonds is 5. The van der Waals surface area contributed by atoms with E-state index in [4.69, 9.17) is 0 Å².